The van der Waals surface area contributed by atoms with E-state index < -0.39 is 30.3 Å². The number of hydrogen-bond acceptors (Lipinski definition) is 6. The van der Waals surface area contributed by atoms with Gasteiger partial charge >= 0.3 is 18.1 Å². The second kappa shape index (κ2) is 7.96. The van der Waals surface area contributed by atoms with Crippen LogP contribution in [0.25, 0.3) is 0 Å². The number of nitrogens with one attached hydrogen (secondary N) is 1. The molecule has 0 bridgehead atoms. The van der Waals surface area contributed by atoms with Crippen molar-refractivity contribution in [1.29, 1.82) is 0 Å². The van der Waals surface area contributed by atoms with Gasteiger partial charge in [-0.3, -0.25) is 9.78 Å². The van der Waals surface area contributed by atoms with Crippen LogP contribution in [-0.4, -0.2) is 40.3 Å². The summed E-state index contributed by atoms with van der Waals surface area (Å²) in [6.45, 7) is 6.51. The van der Waals surface area contributed by atoms with Gasteiger partial charge in [-0.05, 0) is 39.8 Å². The molecule has 0 aliphatic carbocycles. The molecule has 22 heavy (non-hydrogen) atoms. The third-order valence-electron chi connectivity index (χ3n) is 2.15. The topological polar surface area (TPSA) is 97.8 Å². The van der Waals surface area contributed by atoms with E-state index in [4.69, 9.17) is 9.47 Å². The number of carbonyl (C=O) groups excluding carboxylic acids is 3. The molecule has 0 aliphatic heterocycles. The van der Waals surface area contributed by atoms with Crippen molar-refractivity contribution < 1.29 is 23.9 Å². The summed E-state index contributed by atoms with van der Waals surface area (Å²) in [5, 5.41) is 0.438. The zero-order chi connectivity index (χ0) is 16.7. The van der Waals surface area contributed by atoms with Crippen molar-refractivity contribution in [2.24, 2.45) is 0 Å². The molecule has 0 unspecified atom stereocenters. The van der Waals surface area contributed by atoms with Crippen molar-refractivity contribution in [3.63, 3.8) is 0 Å². The molecule has 0 aliphatic rings. The molecule has 120 valence electrons. The van der Waals surface area contributed by atoms with Gasteiger partial charge < -0.3 is 9.47 Å². The molecule has 0 aromatic carbocycles. The Balaban J connectivity index is 2.93. The molecule has 1 heterocycles. The first kappa shape index (κ1) is 17.4. The number of aromatic nitrogens is 1. The SMILES string of the molecule is CC(C)OC(=O)NN(C(=O)OC(C)C)C(=O)c1ccccn1. The monoisotopic (exact) mass is 309 g/mol. The third kappa shape index (κ3) is 5.39. The third-order valence-corrected chi connectivity index (χ3v) is 2.15. The minimum atomic E-state index is -1.02. The Kier molecular flexibility index (Phi) is 6.30. The summed E-state index contributed by atoms with van der Waals surface area (Å²) < 4.78 is 9.78. The summed E-state index contributed by atoms with van der Waals surface area (Å²) in [6, 6.07) is 4.61. The number of hydrogen-bond donors (Lipinski definition) is 1. The van der Waals surface area contributed by atoms with Gasteiger partial charge in [0.25, 0.3) is 0 Å². The Morgan fingerprint density at radius 1 is 1.09 bits per heavy atom. The van der Waals surface area contributed by atoms with E-state index in [1.165, 1.54) is 12.3 Å². The first-order valence-electron chi connectivity index (χ1n) is 6.74. The van der Waals surface area contributed by atoms with Gasteiger partial charge in [0.05, 0.1) is 12.2 Å². The zero-order valence-electron chi connectivity index (χ0n) is 12.9. The van der Waals surface area contributed by atoms with E-state index in [1.54, 1.807) is 39.8 Å². The van der Waals surface area contributed by atoms with E-state index in [0.717, 1.165) is 0 Å². The van der Waals surface area contributed by atoms with Crippen LogP contribution in [0.15, 0.2) is 24.4 Å². The number of hydrazine groups is 1. The summed E-state index contributed by atoms with van der Waals surface area (Å²) in [5.41, 5.74) is 2.04. The van der Waals surface area contributed by atoms with Gasteiger partial charge in [0.1, 0.15) is 5.69 Å². The van der Waals surface area contributed by atoms with E-state index in [2.05, 4.69) is 10.4 Å². The van der Waals surface area contributed by atoms with Crippen LogP contribution in [0, 0.1) is 0 Å². The molecule has 8 heteroatoms. The van der Waals surface area contributed by atoms with Crippen molar-refractivity contribution in [1.82, 2.24) is 15.4 Å². The average molecular weight is 309 g/mol. The average Bonchev–Trinajstić information content (AvgIpc) is 2.43. The van der Waals surface area contributed by atoms with E-state index in [9.17, 15) is 14.4 Å². The number of amides is 3. The Hall–Kier alpha value is -2.64. The zero-order valence-corrected chi connectivity index (χ0v) is 12.9. The molecule has 1 rings (SSSR count). The number of ether oxygens (including phenoxy) is 2. The second-order valence-electron chi connectivity index (χ2n) is 4.85. The number of pyridine rings is 1. The van der Waals surface area contributed by atoms with Gasteiger partial charge in [-0.2, -0.15) is 0 Å². The fraction of sp³-hybridized carbons (Fsp3) is 0.429. The van der Waals surface area contributed by atoms with Gasteiger partial charge in [-0.25, -0.2) is 15.0 Å². The van der Waals surface area contributed by atoms with Gasteiger partial charge in [-0.1, -0.05) is 6.07 Å². The Morgan fingerprint density at radius 2 is 1.73 bits per heavy atom. The first-order chi connectivity index (χ1) is 10.3. The minimum Gasteiger partial charge on any atom is -0.446 e. The van der Waals surface area contributed by atoms with Crippen LogP contribution >= 0.6 is 0 Å². The highest BCUT2D eigenvalue weighted by molar-refractivity contribution is 6.02. The number of nitrogens with zero attached hydrogens (tertiary/aromatic N) is 2. The number of rotatable bonds is 3. The summed E-state index contributed by atoms with van der Waals surface area (Å²) in [6.07, 6.45) is -1.44. The molecule has 0 spiro atoms. The van der Waals surface area contributed by atoms with Crippen LogP contribution in [0.1, 0.15) is 38.2 Å². The molecule has 0 saturated carbocycles. The highest BCUT2D eigenvalue weighted by Crippen LogP contribution is 2.04. The summed E-state index contributed by atoms with van der Waals surface area (Å²) in [5.74, 6) is -0.827. The smallest absolute Gasteiger partial charge is 0.436 e. The summed E-state index contributed by atoms with van der Waals surface area (Å²) in [4.78, 5) is 39.7. The predicted octanol–water partition coefficient (Wildman–Crippen LogP) is 2.12. The van der Waals surface area contributed by atoms with Crippen molar-refractivity contribution >= 4 is 18.1 Å². The molecule has 1 aromatic rings. The molecule has 3 amide bonds. The number of carbonyl (C=O) groups is 3. The maximum atomic E-state index is 12.3. The quantitative estimate of drug-likeness (QED) is 0.859. The molecule has 1 N–H and O–H groups in total. The Bertz CT molecular complexity index is 531. The Labute approximate surface area is 128 Å². The molecule has 0 radical (unpaired) electrons. The van der Waals surface area contributed by atoms with Crippen molar-refractivity contribution in [2.75, 3.05) is 0 Å². The van der Waals surface area contributed by atoms with Crippen LogP contribution in [0.3, 0.4) is 0 Å². The molecular formula is C14H19N3O5. The van der Waals surface area contributed by atoms with E-state index in [1.807, 2.05) is 0 Å². The van der Waals surface area contributed by atoms with Crippen LogP contribution in [0.2, 0.25) is 0 Å². The molecule has 8 nitrogen and oxygen atoms in total. The lowest BCUT2D eigenvalue weighted by Gasteiger charge is -2.22. The molecule has 1 aromatic heterocycles. The fourth-order valence-electron chi connectivity index (χ4n) is 1.37. The second-order valence-corrected chi connectivity index (χ2v) is 4.85. The van der Waals surface area contributed by atoms with Gasteiger partial charge in [0, 0.05) is 6.20 Å². The minimum absolute atomic E-state index is 0.0203. The lowest BCUT2D eigenvalue weighted by Crippen LogP contribution is -2.51. The molecule has 0 atom stereocenters. The van der Waals surface area contributed by atoms with E-state index in [-0.39, 0.29) is 5.69 Å². The lowest BCUT2D eigenvalue weighted by molar-refractivity contribution is 0.0379. The summed E-state index contributed by atoms with van der Waals surface area (Å²) >= 11 is 0. The van der Waals surface area contributed by atoms with E-state index in [0.29, 0.717) is 5.01 Å². The van der Waals surface area contributed by atoms with Crippen LogP contribution in [0.4, 0.5) is 9.59 Å². The summed E-state index contributed by atoms with van der Waals surface area (Å²) in [7, 11) is 0. The maximum absolute atomic E-state index is 12.3. The molecule has 0 saturated heterocycles. The van der Waals surface area contributed by atoms with E-state index >= 15 is 0 Å². The van der Waals surface area contributed by atoms with Crippen LogP contribution in [-0.2, 0) is 9.47 Å². The highest BCUT2D eigenvalue weighted by Gasteiger charge is 2.28. The predicted molar refractivity (Wildman–Crippen MR) is 76.8 cm³/mol. The first-order valence-corrected chi connectivity index (χ1v) is 6.74. The van der Waals surface area contributed by atoms with Crippen molar-refractivity contribution in [3.05, 3.63) is 30.1 Å². The van der Waals surface area contributed by atoms with Gasteiger partial charge in [0.2, 0.25) is 0 Å². The standard InChI is InChI=1S/C14H19N3O5/c1-9(2)21-13(19)16-17(14(20)22-10(3)4)12(18)11-7-5-6-8-15-11/h5-10H,1-4H3,(H,16,19). The maximum Gasteiger partial charge on any atom is 0.436 e. The van der Waals surface area contributed by atoms with Crippen LogP contribution in [0.5, 0.6) is 0 Å². The largest absolute Gasteiger partial charge is 0.446 e. The van der Waals surface area contributed by atoms with Crippen molar-refractivity contribution in [3.8, 4) is 0 Å². The lowest BCUT2D eigenvalue weighted by atomic mass is 10.3. The Morgan fingerprint density at radius 3 is 2.23 bits per heavy atom. The fourth-order valence-corrected chi connectivity index (χ4v) is 1.37. The van der Waals surface area contributed by atoms with Gasteiger partial charge in [-0.15, -0.1) is 5.01 Å². The normalized spacial score (nSPS) is 10.3. The van der Waals surface area contributed by atoms with Crippen molar-refractivity contribution in [2.45, 2.75) is 39.9 Å². The van der Waals surface area contributed by atoms with Crippen LogP contribution < -0.4 is 5.43 Å². The molecular weight excluding hydrogens is 290 g/mol. The highest BCUT2D eigenvalue weighted by atomic mass is 16.6. The number of imide groups is 1. The van der Waals surface area contributed by atoms with Gasteiger partial charge in [0.15, 0.2) is 0 Å². The molecule has 0 fully saturated rings.